The zero-order valence-corrected chi connectivity index (χ0v) is 20.2. The Balaban J connectivity index is 1.74. The van der Waals surface area contributed by atoms with E-state index in [-0.39, 0.29) is 17.5 Å². The molecule has 1 unspecified atom stereocenters. The van der Waals surface area contributed by atoms with Crippen LogP contribution in [0.3, 0.4) is 0 Å². The first-order valence-electron chi connectivity index (χ1n) is 12.0. The summed E-state index contributed by atoms with van der Waals surface area (Å²) >= 11 is 0. The maximum Gasteiger partial charge on any atom is 0.586 e. The van der Waals surface area contributed by atoms with E-state index in [1.54, 1.807) is 6.07 Å². The molecule has 0 aromatic heterocycles. The molecule has 0 saturated carbocycles. The van der Waals surface area contributed by atoms with Gasteiger partial charge in [0, 0.05) is 37.6 Å². The van der Waals surface area contributed by atoms with Crippen molar-refractivity contribution < 1.29 is 32.9 Å². The molecule has 0 aliphatic carbocycles. The van der Waals surface area contributed by atoms with Crippen molar-refractivity contribution >= 4 is 23.0 Å². The minimum absolute atomic E-state index is 0.0323. The van der Waals surface area contributed by atoms with Crippen LogP contribution in [0, 0.1) is 5.92 Å². The molecule has 2 aromatic carbocycles. The van der Waals surface area contributed by atoms with Gasteiger partial charge in [0.2, 0.25) is 0 Å². The molecule has 2 heterocycles. The molecule has 1 fully saturated rings. The van der Waals surface area contributed by atoms with Crippen molar-refractivity contribution in [2.24, 2.45) is 5.92 Å². The van der Waals surface area contributed by atoms with E-state index >= 15 is 0 Å². The number of hydrogen-bond donors (Lipinski definition) is 2. The summed E-state index contributed by atoms with van der Waals surface area (Å²) in [6, 6.07) is 10.5. The first kappa shape index (κ1) is 25.0. The zero-order valence-electron chi connectivity index (χ0n) is 20.2. The smallest absolute Gasteiger partial charge is 0.481 e. The first-order valence-corrected chi connectivity index (χ1v) is 12.0. The van der Waals surface area contributed by atoms with Crippen molar-refractivity contribution in [1.82, 2.24) is 0 Å². The minimum Gasteiger partial charge on any atom is -0.481 e. The zero-order chi connectivity index (χ0) is 25.2. The number of benzene rings is 2. The molecule has 0 amide bonds. The summed E-state index contributed by atoms with van der Waals surface area (Å²) < 4.78 is 41.7. The van der Waals surface area contributed by atoms with E-state index in [1.807, 2.05) is 25.1 Å². The molecule has 0 radical (unpaired) electrons. The molecule has 1 saturated heterocycles. The fourth-order valence-electron chi connectivity index (χ4n) is 4.69. The van der Waals surface area contributed by atoms with Crippen molar-refractivity contribution in [3.63, 3.8) is 0 Å². The second kappa shape index (κ2) is 10.3. The number of carboxylic acids is 1. The molecule has 190 valence electrons. The second-order valence-electron chi connectivity index (χ2n) is 9.42. The Morgan fingerprint density at radius 1 is 1.14 bits per heavy atom. The molecule has 0 spiro atoms. The quantitative estimate of drug-likeness (QED) is 0.448. The molecule has 7 nitrogen and oxygen atoms in total. The summed E-state index contributed by atoms with van der Waals surface area (Å²) in [7, 11) is 0. The topological polar surface area (TPSA) is 80.3 Å². The predicted molar refractivity (Wildman–Crippen MR) is 129 cm³/mol. The van der Waals surface area contributed by atoms with E-state index in [9.17, 15) is 18.7 Å². The fraction of sp³-hybridized carbons (Fsp3) is 0.500. The number of ether oxygens (including phenoxy) is 3. The SMILES string of the molecule is CCC(C(=O)O)c1ccc(N(CC(C)C)C2CCOCC2)c(Nc2ccc3c(c2)OC(F)(F)O3)c1. The van der Waals surface area contributed by atoms with Gasteiger partial charge in [0.25, 0.3) is 0 Å². The number of anilines is 3. The van der Waals surface area contributed by atoms with Crippen LogP contribution in [0.15, 0.2) is 36.4 Å². The van der Waals surface area contributed by atoms with Gasteiger partial charge in [0.1, 0.15) is 0 Å². The van der Waals surface area contributed by atoms with Crippen molar-refractivity contribution in [2.75, 3.05) is 30.0 Å². The van der Waals surface area contributed by atoms with Gasteiger partial charge in [-0.05, 0) is 55.0 Å². The summed E-state index contributed by atoms with van der Waals surface area (Å²) in [6.07, 6.45) is -1.47. The standard InChI is InChI=1S/C26H32F2N2O5/c1-4-20(25(31)32)17-5-7-22(30(15-16(2)3)19-9-11-33-12-10-19)21(13-17)29-18-6-8-23-24(14-18)35-26(27,28)34-23/h5-8,13-14,16,19-20,29H,4,9-12,15H2,1-3H3,(H,31,32). The largest absolute Gasteiger partial charge is 0.586 e. The summed E-state index contributed by atoms with van der Waals surface area (Å²) in [5.41, 5.74) is 2.84. The van der Waals surface area contributed by atoms with Gasteiger partial charge in [-0.1, -0.05) is 26.8 Å². The van der Waals surface area contributed by atoms with Crippen LogP contribution in [-0.4, -0.2) is 43.2 Å². The Bertz CT molecular complexity index is 1060. The van der Waals surface area contributed by atoms with Crippen LogP contribution in [0.25, 0.3) is 0 Å². The van der Waals surface area contributed by atoms with Gasteiger partial charge in [-0.2, -0.15) is 0 Å². The Morgan fingerprint density at radius 2 is 1.86 bits per heavy atom. The number of alkyl halides is 2. The average molecular weight is 491 g/mol. The lowest BCUT2D eigenvalue weighted by Crippen LogP contribution is -2.42. The van der Waals surface area contributed by atoms with Gasteiger partial charge in [-0.3, -0.25) is 4.79 Å². The van der Waals surface area contributed by atoms with Gasteiger partial charge < -0.3 is 29.5 Å². The van der Waals surface area contributed by atoms with Crippen LogP contribution in [0.1, 0.15) is 51.5 Å². The molecular weight excluding hydrogens is 458 g/mol. The van der Waals surface area contributed by atoms with E-state index in [4.69, 9.17) is 4.74 Å². The van der Waals surface area contributed by atoms with Crippen molar-refractivity contribution in [1.29, 1.82) is 0 Å². The molecule has 2 aromatic rings. The molecule has 2 N–H and O–H groups in total. The lowest BCUT2D eigenvalue weighted by atomic mass is 9.94. The van der Waals surface area contributed by atoms with Gasteiger partial charge in [-0.15, -0.1) is 8.78 Å². The number of nitrogens with zero attached hydrogens (tertiary/aromatic N) is 1. The highest BCUT2D eigenvalue weighted by Crippen LogP contribution is 2.43. The highest BCUT2D eigenvalue weighted by atomic mass is 19.3. The maximum atomic E-state index is 13.5. The van der Waals surface area contributed by atoms with Gasteiger partial charge in [-0.25, -0.2) is 0 Å². The Kier molecular flexibility index (Phi) is 7.35. The molecule has 35 heavy (non-hydrogen) atoms. The highest BCUT2D eigenvalue weighted by Gasteiger charge is 2.43. The second-order valence-corrected chi connectivity index (χ2v) is 9.42. The van der Waals surface area contributed by atoms with Crippen LogP contribution < -0.4 is 19.7 Å². The number of fused-ring (bicyclic) bond motifs is 1. The third-order valence-corrected chi connectivity index (χ3v) is 6.31. The Labute approximate surface area is 204 Å². The van der Waals surface area contributed by atoms with E-state index in [0.717, 1.165) is 25.1 Å². The molecule has 1 atom stereocenters. The monoisotopic (exact) mass is 490 g/mol. The first-order chi connectivity index (χ1) is 16.7. The highest BCUT2D eigenvalue weighted by molar-refractivity contribution is 5.81. The number of carbonyl (C=O) groups is 1. The van der Waals surface area contributed by atoms with Crippen molar-refractivity contribution in [3.8, 4) is 11.5 Å². The van der Waals surface area contributed by atoms with Crippen molar-refractivity contribution in [3.05, 3.63) is 42.0 Å². The summed E-state index contributed by atoms with van der Waals surface area (Å²) in [4.78, 5) is 14.2. The number of rotatable bonds is 9. The normalized spacial score (nSPS) is 17.9. The van der Waals surface area contributed by atoms with Gasteiger partial charge >= 0.3 is 12.3 Å². The summed E-state index contributed by atoms with van der Waals surface area (Å²) in [5.74, 6) is -1.24. The molecule has 2 aliphatic heterocycles. The number of hydrogen-bond acceptors (Lipinski definition) is 6. The Hall–Kier alpha value is -3.07. The maximum absolute atomic E-state index is 13.5. The minimum atomic E-state index is -3.70. The molecule has 0 bridgehead atoms. The molecule has 2 aliphatic rings. The molecular formula is C26H32F2N2O5. The molecule has 9 heteroatoms. The molecule has 4 rings (SSSR count). The number of carboxylic acid groups (broad SMARTS) is 1. The number of aliphatic carboxylic acids is 1. The summed E-state index contributed by atoms with van der Waals surface area (Å²) in [6.45, 7) is 8.33. The van der Waals surface area contributed by atoms with Crippen LogP contribution in [0.5, 0.6) is 11.5 Å². The van der Waals surface area contributed by atoms with Crippen LogP contribution in [0.4, 0.5) is 25.8 Å². The van der Waals surface area contributed by atoms with Crippen LogP contribution in [0.2, 0.25) is 0 Å². The van der Waals surface area contributed by atoms with Crippen LogP contribution in [-0.2, 0) is 9.53 Å². The van der Waals surface area contributed by atoms with E-state index in [2.05, 4.69) is 33.5 Å². The predicted octanol–water partition coefficient (Wildman–Crippen LogP) is 5.97. The van der Waals surface area contributed by atoms with Gasteiger partial charge in [0.05, 0.1) is 17.3 Å². The lowest BCUT2D eigenvalue weighted by Gasteiger charge is -2.38. The summed E-state index contributed by atoms with van der Waals surface area (Å²) in [5, 5.41) is 13.1. The Morgan fingerprint density at radius 3 is 2.51 bits per heavy atom. The third-order valence-electron chi connectivity index (χ3n) is 6.31. The number of nitrogens with one attached hydrogen (secondary N) is 1. The van der Waals surface area contributed by atoms with E-state index < -0.39 is 18.2 Å². The third kappa shape index (κ3) is 5.78. The van der Waals surface area contributed by atoms with Crippen molar-refractivity contribution in [2.45, 2.75) is 58.3 Å². The van der Waals surface area contributed by atoms with E-state index in [0.29, 0.717) is 42.5 Å². The fourth-order valence-corrected chi connectivity index (χ4v) is 4.69. The average Bonchev–Trinajstić information content (AvgIpc) is 3.12. The van der Waals surface area contributed by atoms with Gasteiger partial charge in [0.15, 0.2) is 11.5 Å². The van der Waals surface area contributed by atoms with Crippen LogP contribution >= 0.6 is 0 Å². The van der Waals surface area contributed by atoms with E-state index in [1.165, 1.54) is 12.1 Å². The number of halogens is 2. The lowest BCUT2D eigenvalue weighted by molar-refractivity contribution is -0.286.